The molecular formula is C16H28N2O2S. The minimum atomic E-state index is -0.249. The summed E-state index contributed by atoms with van der Waals surface area (Å²) in [5.41, 5.74) is 7.49. The monoisotopic (exact) mass is 312 g/mol. The maximum atomic E-state index is 6.51. The van der Waals surface area contributed by atoms with Crippen LogP contribution in [-0.2, 0) is 21.3 Å². The molecule has 1 aromatic rings. The third-order valence-corrected chi connectivity index (χ3v) is 5.03. The quantitative estimate of drug-likeness (QED) is 0.908. The van der Waals surface area contributed by atoms with Crippen LogP contribution in [0.25, 0.3) is 0 Å². The fourth-order valence-electron chi connectivity index (χ4n) is 2.75. The smallest absolute Gasteiger partial charge is 0.0945 e. The zero-order valence-corrected chi connectivity index (χ0v) is 14.5. The average Bonchev–Trinajstić information content (AvgIpc) is 2.88. The molecule has 0 spiro atoms. The van der Waals surface area contributed by atoms with E-state index in [0.29, 0.717) is 6.61 Å². The summed E-state index contributed by atoms with van der Waals surface area (Å²) in [5.74, 6) is 0. The molecule has 0 bridgehead atoms. The number of hydrogen-bond donors (Lipinski definition) is 1. The van der Waals surface area contributed by atoms with Gasteiger partial charge in [0.25, 0.3) is 0 Å². The molecule has 0 radical (unpaired) electrons. The van der Waals surface area contributed by atoms with Crippen LogP contribution >= 0.6 is 11.3 Å². The van der Waals surface area contributed by atoms with Crippen LogP contribution in [0.5, 0.6) is 0 Å². The van der Waals surface area contributed by atoms with Gasteiger partial charge in [-0.15, -0.1) is 11.3 Å². The van der Waals surface area contributed by atoms with Gasteiger partial charge >= 0.3 is 0 Å². The summed E-state index contributed by atoms with van der Waals surface area (Å²) in [6, 6.07) is -0.0275. The van der Waals surface area contributed by atoms with Crippen molar-refractivity contribution in [3.63, 3.8) is 0 Å². The van der Waals surface area contributed by atoms with E-state index in [2.05, 4.69) is 26.2 Å². The largest absolute Gasteiger partial charge is 0.381 e. The Morgan fingerprint density at radius 2 is 2.10 bits per heavy atom. The molecule has 2 heterocycles. The minimum absolute atomic E-state index is 0.0275. The van der Waals surface area contributed by atoms with Crippen molar-refractivity contribution in [1.29, 1.82) is 0 Å². The van der Waals surface area contributed by atoms with Crippen molar-refractivity contribution >= 4 is 11.3 Å². The summed E-state index contributed by atoms with van der Waals surface area (Å²) in [7, 11) is 0. The maximum Gasteiger partial charge on any atom is 0.0945 e. The van der Waals surface area contributed by atoms with Crippen molar-refractivity contribution in [2.75, 3.05) is 19.8 Å². The standard InChI is InChI=1S/C16H28N2O2S/c1-5-20-16(6-8-19-9-7-16)12(17)10-14-18-13(11-21-14)15(2,3)4/h11-12H,5-10,17H2,1-4H3. The lowest BCUT2D eigenvalue weighted by molar-refractivity contribution is -0.120. The van der Waals surface area contributed by atoms with Gasteiger partial charge in [-0.1, -0.05) is 20.8 Å². The number of ether oxygens (including phenoxy) is 2. The Balaban J connectivity index is 2.08. The van der Waals surface area contributed by atoms with Crippen LogP contribution < -0.4 is 5.73 Å². The zero-order valence-electron chi connectivity index (χ0n) is 13.6. The Labute approximate surface area is 132 Å². The molecule has 0 amide bonds. The highest BCUT2D eigenvalue weighted by Crippen LogP contribution is 2.31. The number of aromatic nitrogens is 1. The van der Waals surface area contributed by atoms with Gasteiger partial charge in [-0.25, -0.2) is 4.98 Å². The number of rotatable bonds is 5. The summed E-state index contributed by atoms with van der Waals surface area (Å²) in [4.78, 5) is 4.76. The van der Waals surface area contributed by atoms with E-state index in [1.165, 1.54) is 0 Å². The number of thiazole rings is 1. The van der Waals surface area contributed by atoms with Gasteiger partial charge in [-0.3, -0.25) is 0 Å². The normalized spacial score (nSPS) is 20.4. The molecule has 21 heavy (non-hydrogen) atoms. The summed E-state index contributed by atoms with van der Waals surface area (Å²) < 4.78 is 11.5. The Bertz CT molecular complexity index is 442. The lowest BCUT2D eigenvalue weighted by Crippen LogP contribution is -2.54. The van der Waals surface area contributed by atoms with Gasteiger partial charge < -0.3 is 15.2 Å². The van der Waals surface area contributed by atoms with Crippen molar-refractivity contribution in [3.8, 4) is 0 Å². The second kappa shape index (κ2) is 6.73. The first-order valence-corrected chi connectivity index (χ1v) is 8.67. The first kappa shape index (κ1) is 16.9. The summed E-state index contributed by atoms with van der Waals surface area (Å²) in [6.07, 6.45) is 2.53. The first-order valence-electron chi connectivity index (χ1n) is 7.79. The van der Waals surface area contributed by atoms with Crippen LogP contribution in [0.15, 0.2) is 5.38 Å². The summed E-state index contributed by atoms with van der Waals surface area (Å²) in [5, 5.41) is 3.26. The minimum Gasteiger partial charge on any atom is -0.381 e. The number of nitrogens with two attached hydrogens (primary N) is 1. The Morgan fingerprint density at radius 3 is 2.62 bits per heavy atom. The Kier molecular flexibility index (Phi) is 5.41. The molecule has 1 aliphatic heterocycles. The Hall–Kier alpha value is -0.490. The van der Waals surface area contributed by atoms with E-state index in [1.807, 2.05) is 6.92 Å². The molecule has 0 aromatic carbocycles. The van der Waals surface area contributed by atoms with Crippen molar-refractivity contribution in [3.05, 3.63) is 16.1 Å². The SMILES string of the molecule is CCOC1(C(N)Cc2nc(C(C)(C)C)cs2)CCOCC1. The lowest BCUT2D eigenvalue weighted by Gasteiger charge is -2.41. The van der Waals surface area contributed by atoms with Crippen molar-refractivity contribution in [1.82, 2.24) is 4.98 Å². The second-order valence-corrected chi connectivity index (χ2v) is 7.74. The van der Waals surface area contributed by atoms with Crippen LogP contribution in [-0.4, -0.2) is 36.4 Å². The zero-order chi connectivity index (χ0) is 15.5. The highest BCUT2D eigenvalue weighted by Gasteiger charge is 2.39. The number of hydrogen-bond acceptors (Lipinski definition) is 5. The van der Waals surface area contributed by atoms with Gasteiger partial charge in [-0.2, -0.15) is 0 Å². The van der Waals surface area contributed by atoms with E-state index in [0.717, 1.165) is 43.2 Å². The predicted molar refractivity (Wildman–Crippen MR) is 86.9 cm³/mol. The molecule has 1 fully saturated rings. The topological polar surface area (TPSA) is 57.4 Å². The highest BCUT2D eigenvalue weighted by atomic mass is 32.1. The number of nitrogens with zero attached hydrogens (tertiary/aromatic N) is 1. The maximum absolute atomic E-state index is 6.51. The third kappa shape index (κ3) is 4.03. The fraction of sp³-hybridized carbons (Fsp3) is 0.812. The van der Waals surface area contributed by atoms with Crippen molar-refractivity contribution in [2.24, 2.45) is 5.73 Å². The molecule has 1 saturated heterocycles. The molecular weight excluding hydrogens is 284 g/mol. The predicted octanol–water partition coefficient (Wildman–Crippen LogP) is 2.90. The molecule has 5 heteroatoms. The van der Waals surface area contributed by atoms with Gasteiger partial charge in [0.15, 0.2) is 0 Å². The Morgan fingerprint density at radius 1 is 1.43 bits per heavy atom. The molecule has 2 rings (SSSR count). The fourth-order valence-corrected chi connectivity index (χ4v) is 3.83. The first-order chi connectivity index (χ1) is 9.87. The van der Waals surface area contributed by atoms with Crippen molar-refractivity contribution in [2.45, 2.75) is 64.0 Å². The van der Waals surface area contributed by atoms with E-state index in [9.17, 15) is 0 Å². The molecule has 1 atom stereocenters. The van der Waals surface area contributed by atoms with Crippen LogP contribution in [0.3, 0.4) is 0 Å². The van der Waals surface area contributed by atoms with Gasteiger partial charge in [0.2, 0.25) is 0 Å². The second-order valence-electron chi connectivity index (χ2n) is 6.80. The lowest BCUT2D eigenvalue weighted by atomic mass is 9.84. The van der Waals surface area contributed by atoms with Gasteiger partial charge in [0.1, 0.15) is 0 Å². The molecule has 120 valence electrons. The van der Waals surface area contributed by atoms with Crippen molar-refractivity contribution < 1.29 is 9.47 Å². The summed E-state index contributed by atoms with van der Waals surface area (Å²) in [6.45, 7) is 10.8. The van der Waals surface area contributed by atoms with E-state index in [1.54, 1.807) is 11.3 Å². The van der Waals surface area contributed by atoms with Gasteiger partial charge in [0.05, 0.1) is 16.3 Å². The average molecular weight is 312 g/mol. The van der Waals surface area contributed by atoms with E-state index >= 15 is 0 Å². The third-order valence-electron chi connectivity index (χ3n) is 4.16. The van der Waals surface area contributed by atoms with E-state index in [-0.39, 0.29) is 17.1 Å². The van der Waals surface area contributed by atoms with Crippen LogP contribution in [0.4, 0.5) is 0 Å². The summed E-state index contributed by atoms with van der Waals surface area (Å²) >= 11 is 1.71. The van der Waals surface area contributed by atoms with Crippen LogP contribution in [0, 0.1) is 0 Å². The molecule has 0 saturated carbocycles. The molecule has 0 aliphatic carbocycles. The molecule has 1 aromatic heterocycles. The van der Waals surface area contributed by atoms with Gasteiger partial charge in [0, 0.05) is 55.9 Å². The molecule has 4 nitrogen and oxygen atoms in total. The van der Waals surface area contributed by atoms with Gasteiger partial charge in [-0.05, 0) is 6.92 Å². The molecule has 1 unspecified atom stereocenters. The van der Waals surface area contributed by atoms with Crippen LogP contribution in [0.2, 0.25) is 0 Å². The highest BCUT2D eigenvalue weighted by molar-refractivity contribution is 7.09. The van der Waals surface area contributed by atoms with E-state index < -0.39 is 0 Å². The molecule has 1 aliphatic rings. The molecule has 2 N–H and O–H groups in total. The van der Waals surface area contributed by atoms with E-state index in [4.69, 9.17) is 20.2 Å². The van der Waals surface area contributed by atoms with Crippen LogP contribution in [0.1, 0.15) is 51.2 Å².